The molecule has 0 unspecified atom stereocenters. The van der Waals surface area contributed by atoms with E-state index in [-0.39, 0.29) is 28.5 Å². The number of hydrogen-bond acceptors (Lipinski definition) is 6. The minimum Gasteiger partial charge on any atom is -0.266 e. The molecule has 0 saturated carbocycles. The molecule has 1 aromatic carbocycles. The minimum absolute atomic E-state index is 0.0271. The van der Waals surface area contributed by atoms with E-state index in [9.17, 15) is 4.79 Å². The van der Waals surface area contributed by atoms with Crippen LogP contribution in [0.3, 0.4) is 0 Å². The number of nitrogens with zero attached hydrogens (tertiary/aromatic N) is 5. The molecule has 136 valence electrons. The summed E-state index contributed by atoms with van der Waals surface area (Å²) in [4.78, 5) is 25.1. The highest BCUT2D eigenvalue weighted by Gasteiger charge is 2.20. The number of pyridine rings is 1. The summed E-state index contributed by atoms with van der Waals surface area (Å²) >= 11 is 6.21. The Bertz CT molecular complexity index is 1020. The summed E-state index contributed by atoms with van der Waals surface area (Å²) in [5, 5.41) is 12.5. The Kier molecular flexibility index (Phi) is 5.48. The predicted octanol–water partition coefficient (Wildman–Crippen LogP) is 3.36. The number of nitriles is 1. The number of rotatable bonds is 5. The molecule has 0 aliphatic heterocycles. The number of aromatic nitrogens is 3. The lowest BCUT2D eigenvalue weighted by molar-refractivity contribution is 0.0944. The fourth-order valence-electron chi connectivity index (χ4n) is 2.63. The van der Waals surface area contributed by atoms with Crippen molar-refractivity contribution in [3.8, 4) is 6.07 Å². The van der Waals surface area contributed by atoms with Gasteiger partial charge in [0.2, 0.25) is 5.82 Å². The van der Waals surface area contributed by atoms with E-state index in [4.69, 9.17) is 16.9 Å². The van der Waals surface area contributed by atoms with Crippen LogP contribution < -0.4 is 10.4 Å². The molecule has 27 heavy (non-hydrogen) atoms. The molecule has 2 heterocycles. The highest BCUT2D eigenvalue weighted by Crippen LogP contribution is 2.23. The zero-order valence-corrected chi connectivity index (χ0v) is 15.6. The Morgan fingerprint density at radius 3 is 2.81 bits per heavy atom. The van der Waals surface area contributed by atoms with E-state index >= 15 is 0 Å². The number of hydrogen-bond donors (Lipinski definition) is 1. The van der Waals surface area contributed by atoms with Crippen LogP contribution in [0.15, 0.2) is 42.7 Å². The molecule has 1 N–H and O–H groups in total. The van der Waals surface area contributed by atoms with Gasteiger partial charge in [0.25, 0.3) is 5.91 Å². The molecule has 0 radical (unpaired) electrons. The van der Waals surface area contributed by atoms with Gasteiger partial charge in [-0.05, 0) is 17.4 Å². The van der Waals surface area contributed by atoms with E-state index in [1.54, 1.807) is 6.20 Å². The number of halogens is 1. The maximum Gasteiger partial charge on any atom is 0.289 e. The Labute approximate surface area is 161 Å². The number of amides is 1. The summed E-state index contributed by atoms with van der Waals surface area (Å²) in [7, 11) is 0. The SMILES string of the molecule is CC(C)CN(NC(=O)c1nccc2ccccc12)c1nc(C#N)ncc1Cl. The maximum absolute atomic E-state index is 12.9. The van der Waals surface area contributed by atoms with E-state index in [0.717, 1.165) is 10.8 Å². The monoisotopic (exact) mass is 380 g/mol. The quantitative estimate of drug-likeness (QED) is 0.682. The van der Waals surface area contributed by atoms with Crippen molar-refractivity contribution in [1.29, 1.82) is 5.26 Å². The largest absolute Gasteiger partial charge is 0.289 e. The molecule has 0 saturated heterocycles. The van der Waals surface area contributed by atoms with E-state index in [1.807, 2.05) is 50.2 Å². The lowest BCUT2D eigenvalue weighted by atomic mass is 10.1. The van der Waals surface area contributed by atoms with Gasteiger partial charge in [-0.25, -0.2) is 4.98 Å². The number of hydrazine groups is 1. The Hall–Kier alpha value is -3.24. The molecule has 3 aromatic rings. The van der Waals surface area contributed by atoms with Crippen molar-refractivity contribution < 1.29 is 4.79 Å². The van der Waals surface area contributed by atoms with Gasteiger partial charge in [0, 0.05) is 18.1 Å². The lowest BCUT2D eigenvalue weighted by Crippen LogP contribution is -2.45. The number of fused-ring (bicyclic) bond motifs is 1. The van der Waals surface area contributed by atoms with E-state index in [0.29, 0.717) is 12.2 Å². The van der Waals surface area contributed by atoms with Crippen molar-refractivity contribution in [3.05, 3.63) is 59.3 Å². The number of nitrogens with one attached hydrogen (secondary N) is 1. The van der Waals surface area contributed by atoms with Crippen LogP contribution in [0, 0.1) is 17.2 Å². The van der Waals surface area contributed by atoms with Crippen LogP contribution in [-0.4, -0.2) is 27.4 Å². The van der Waals surface area contributed by atoms with Gasteiger partial charge < -0.3 is 0 Å². The molecule has 0 atom stereocenters. The summed E-state index contributed by atoms with van der Waals surface area (Å²) in [6.07, 6.45) is 2.94. The first-order chi connectivity index (χ1) is 13.0. The topological polar surface area (TPSA) is 94.8 Å². The number of carbonyl (C=O) groups excluding carboxylic acids is 1. The highest BCUT2D eigenvalue weighted by atomic mass is 35.5. The summed E-state index contributed by atoms with van der Waals surface area (Å²) in [5.74, 6) is 0.0502. The van der Waals surface area contributed by atoms with Crippen LogP contribution >= 0.6 is 11.6 Å². The van der Waals surface area contributed by atoms with E-state index in [2.05, 4.69) is 20.4 Å². The van der Waals surface area contributed by atoms with Gasteiger partial charge in [0.15, 0.2) is 5.82 Å². The molecule has 0 fully saturated rings. The summed E-state index contributed by atoms with van der Waals surface area (Å²) in [5.41, 5.74) is 3.11. The maximum atomic E-state index is 12.9. The fourth-order valence-corrected chi connectivity index (χ4v) is 2.82. The van der Waals surface area contributed by atoms with Crippen molar-refractivity contribution in [2.24, 2.45) is 5.92 Å². The molecule has 8 heteroatoms. The average Bonchev–Trinajstić information content (AvgIpc) is 2.67. The smallest absolute Gasteiger partial charge is 0.266 e. The zero-order chi connectivity index (χ0) is 19.4. The van der Waals surface area contributed by atoms with Crippen LogP contribution in [0.1, 0.15) is 30.2 Å². The van der Waals surface area contributed by atoms with Crippen molar-refractivity contribution in [3.63, 3.8) is 0 Å². The minimum atomic E-state index is -0.388. The lowest BCUT2D eigenvalue weighted by Gasteiger charge is -2.26. The average molecular weight is 381 g/mol. The van der Waals surface area contributed by atoms with E-state index in [1.165, 1.54) is 11.2 Å². The second kappa shape index (κ2) is 7.98. The van der Waals surface area contributed by atoms with Crippen LogP contribution in [0.4, 0.5) is 5.82 Å². The molecule has 0 aliphatic carbocycles. The third-order valence-corrected chi connectivity index (χ3v) is 4.02. The predicted molar refractivity (Wildman–Crippen MR) is 103 cm³/mol. The number of carbonyl (C=O) groups is 1. The molecule has 0 spiro atoms. The van der Waals surface area contributed by atoms with Crippen LogP contribution in [0.25, 0.3) is 10.8 Å². The molecule has 7 nitrogen and oxygen atoms in total. The van der Waals surface area contributed by atoms with Gasteiger partial charge in [0.05, 0.1) is 6.20 Å². The molecule has 2 aromatic heterocycles. The van der Waals surface area contributed by atoms with Gasteiger partial charge in [-0.2, -0.15) is 10.2 Å². The number of benzene rings is 1. The standard InChI is InChI=1S/C19H17ClN6O/c1-12(2)11-26(18-15(20)10-23-16(9-21)24-18)25-19(27)17-14-6-4-3-5-13(14)7-8-22-17/h3-8,10,12H,11H2,1-2H3,(H,25,27). The van der Waals surface area contributed by atoms with Gasteiger partial charge in [-0.15, -0.1) is 0 Å². The third kappa shape index (κ3) is 4.13. The summed E-state index contributed by atoms with van der Waals surface area (Å²) in [6.45, 7) is 4.43. The first-order valence-electron chi connectivity index (χ1n) is 8.34. The summed E-state index contributed by atoms with van der Waals surface area (Å²) in [6, 6.07) is 11.2. The van der Waals surface area contributed by atoms with E-state index < -0.39 is 0 Å². The molecule has 0 bridgehead atoms. The van der Waals surface area contributed by atoms with Crippen LogP contribution in [0.5, 0.6) is 0 Å². The van der Waals surface area contributed by atoms with Crippen molar-refractivity contribution in [1.82, 2.24) is 20.4 Å². The van der Waals surface area contributed by atoms with Gasteiger partial charge in [-0.3, -0.25) is 20.2 Å². The fraction of sp³-hybridized carbons (Fsp3) is 0.211. The molecular formula is C19H17ClN6O. The molecule has 0 aliphatic rings. The van der Waals surface area contributed by atoms with Gasteiger partial charge in [0.1, 0.15) is 16.8 Å². The molecule has 3 rings (SSSR count). The Balaban J connectivity index is 1.97. The Morgan fingerprint density at radius 1 is 1.30 bits per heavy atom. The van der Waals surface area contributed by atoms with Crippen molar-refractivity contribution in [2.45, 2.75) is 13.8 Å². The molecule has 1 amide bonds. The van der Waals surface area contributed by atoms with Gasteiger partial charge in [-0.1, -0.05) is 49.7 Å². The second-order valence-electron chi connectivity index (χ2n) is 6.30. The normalized spacial score (nSPS) is 10.6. The third-order valence-electron chi connectivity index (χ3n) is 3.75. The zero-order valence-electron chi connectivity index (χ0n) is 14.8. The first-order valence-corrected chi connectivity index (χ1v) is 8.72. The van der Waals surface area contributed by atoms with Crippen LogP contribution in [0.2, 0.25) is 5.02 Å². The summed E-state index contributed by atoms with van der Waals surface area (Å²) < 4.78 is 0. The Morgan fingerprint density at radius 2 is 2.07 bits per heavy atom. The number of anilines is 1. The second-order valence-corrected chi connectivity index (χ2v) is 6.71. The van der Waals surface area contributed by atoms with Crippen LogP contribution in [-0.2, 0) is 0 Å². The highest BCUT2D eigenvalue weighted by molar-refractivity contribution is 6.32. The molecular weight excluding hydrogens is 364 g/mol. The first kappa shape index (κ1) is 18.5. The van der Waals surface area contributed by atoms with Gasteiger partial charge >= 0.3 is 0 Å². The van der Waals surface area contributed by atoms with Crippen molar-refractivity contribution in [2.75, 3.05) is 11.6 Å². The van der Waals surface area contributed by atoms with Crippen molar-refractivity contribution >= 4 is 34.1 Å².